The number of amides is 1. The molecule has 1 aromatic carbocycles. The lowest BCUT2D eigenvalue weighted by atomic mass is 10.0. The number of benzene rings is 1. The number of hydrogen-bond acceptors (Lipinski definition) is 7. The lowest BCUT2D eigenvalue weighted by Crippen LogP contribution is -2.22. The summed E-state index contributed by atoms with van der Waals surface area (Å²) in [5.74, 6) is -2.70. The molecule has 4 N–H and O–H groups in total. The Morgan fingerprint density at radius 2 is 2.10 bits per heavy atom. The highest BCUT2D eigenvalue weighted by atomic mass is 32.2. The van der Waals surface area contributed by atoms with Gasteiger partial charge in [0.25, 0.3) is 5.91 Å². The van der Waals surface area contributed by atoms with Crippen molar-refractivity contribution in [2.24, 2.45) is 5.73 Å². The first kappa shape index (κ1) is 22.5. The summed E-state index contributed by atoms with van der Waals surface area (Å²) in [6.45, 7) is 1.32. The van der Waals surface area contributed by atoms with Crippen LogP contribution in [0.15, 0.2) is 29.4 Å². The summed E-state index contributed by atoms with van der Waals surface area (Å²) in [5, 5.41) is 20.1. The van der Waals surface area contributed by atoms with Gasteiger partial charge in [0, 0.05) is 17.8 Å². The maximum Gasteiger partial charge on any atom is 0.341 e. The van der Waals surface area contributed by atoms with E-state index >= 15 is 0 Å². The van der Waals surface area contributed by atoms with Crippen LogP contribution in [-0.2, 0) is 22.6 Å². The smallest absolute Gasteiger partial charge is 0.341 e. The molecule has 0 fully saturated rings. The molecule has 2 heterocycles. The molecule has 11 heteroatoms. The van der Waals surface area contributed by atoms with Crippen molar-refractivity contribution in [3.05, 3.63) is 46.9 Å². The number of carboxylic acids is 1. The molecule has 0 radical (unpaired) electrons. The number of aliphatic hydroxyl groups excluding tert-OH is 1. The van der Waals surface area contributed by atoms with Crippen molar-refractivity contribution in [1.29, 1.82) is 0 Å². The van der Waals surface area contributed by atoms with Crippen LogP contribution in [0, 0.1) is 5.82 Å². The minimum atomic E-state index is -1.69. The zero-order valence-corrected chi connectivity index (χ0v) is 17.6. The Bertz CT molecular complexity index is 1150. The molecular formula is C20H21FN4O5S. The molecule has 0 aliphatic heterocycles. The minimum absolute atomic E-state index is 0.0836. The van der Waals surface area contributed by atoms with Crippen LogP contribution >= 0.6 is 11.8 Å². The van der Waals surface area contributed by atoms with Crippen LogP contribution in [0.2, 0.25) is 0 Å². The molecule has 0 bridgehead atoms. The second-order valence-corrected chi connectivity index (χ2v) is 7.40. The van der Waals surface area contributed by atoms with Crippen LogP contribution in [0.3, 0.4) is 0 Å². The van der Waals surface area contributed by atoms with Crippen molar-refractivity contribution < 1.29 is 28.9 Å². The maximum absolute atomic E-state index is 13.7. The van der Waals surface area contributed by atoms with Gasteiger partial charge in [-0.3, -0.25) is 4.79 Å². The number of carboxylic acid groups (broad SMARTS) is 1. The van der Waals surface area contributed by atoms with Gasteiger partial charge in [0.15, 0.2) is 17.9 Å². The standard InChI is InChI=1S/C20H21FN4O5S/c1-3-12-14(16(28)17(22)29)15-18(25(12)8-10-5-4-6-11(21)7-10)23-20(31-2)24-19(15)30-9-13(26)27/h4-7,16,28H,3,8-9H2,1-2H3,(H2,22,29)(H,26,27). The molecule has 0 saturated carbocycles. The molecule has 2 aromatic heterocycles. The van der Waals surface area contributed by atoms with Crippen LogP contribution in [0.25, 0.3) is 11.0 Å². The first-order chi connectivity index (χ1) is 14.8. The van der Waals surface area contributed by atoms with Crippen LogP contribution in [0.5, 0.6) is 5.88 Å². The van der Waals surface area contributed by atoms with Gasteiger partial charge in [0.05, 0.1) is 5.39 Å². The maximum atomic E-state index is 13.7. The normalized spacial score (nSPS) is 12.1. The molecule has 3 rings (SSSR count). The molecule has 0 saturated heterocycles. The van der Waals surface area contributed by atoms with Gasteiger partial charge >= 0.3 is 5.97 Å². The van der Waals surface area contributed by atoms with E-state index in [2.05, 4.69) is 9.97 Å². The Labute approximate surface area is 181 Å². The number of halogens is 1. The van der Waals surface area contributed by atoms with E-state index in [1.807, 2.05) is 6.92 Å². The molecule has 164 valence electrons. The van der Waals surface area contributed by atoms with Crippen molar-refractivity contribution >= 4 is 34.7 Å². The number of primary amides is 1. The fourth-order valence-electron chi connectivity index (χ4n) is 3.39. The molecule has 1 unspecified atom stereocenters. The van der Waals surface area contributed by atoms with Gasteiger partial charge < -0.3 is 25.3 Å². The number of nitrogens with zero attached hydrogens (tertiary/aromatic N) is 3. The van der Waals surface area contributed by atoms with Crippen molar-refractivity contribution in [3.63, 3.8) is 0 Å². The molecule has 0 spiro atoms. The predicted octanol–water partition coefficient (Wildman–Crippen LogP) is 1.89. The van der Waals surface area contributed by atoms with E-state index in [1.165, 1.54) is 23.9 Å². The molecule has 0 aliphatic rings. The van der Waals surface area contributed by atoms with E-state index in [0.717, 1.165) is 0 Å². The SMILES string of the molecule is CCc1c(C(O)C(N)=O)c2c(OCC(=O)O)nc(SC)nc2n1Cc1cccc(F)c1. The van der Waals surface area contributed by atoms with Crippen LogP contribution in [-0.4, -0.2) is 49.5 Å². The Morgan fingerprint density at radius 3 is 2.68 bits per heavy atom. The van der Waals surface area contributed by atoms with Gasteiger partial charge in [-0.05, 0) is 30.4 Å². The number of aliphatic carboxylic acids is 1. The third-order valence-corrected chi connectivity index (χ3v) is 5.17. The second-order valence-electron chi connectivity index (χ2n) is 6.63. The highest BCUT2D eigenvalue weighted by molar-refractivity contribution is 7.98. The monoisotopic (exact) mass is 448 g/mol. The number of carbonyl (C=O) groups excluding carboxylic acids is 1. The Kier molecular flexibility index (Phi) is 6.76. The Hall–Kier alpha value is -3.18. The summed E-state index contributed by atoms with van der Waals surface area (Å²) < 4.78 is 20.8. The van der Waals surface area contributed by atoms with E-state index in [1.54, 1.807) is 23.0 Å². The van der Waals surface area contributed by atoms with E-state index in [0.29, 0.717) is 28.5 Å². The minimum Gasteiger partial charge on any atom is -0.479 e. The highest BCUT2D eigenvalue weighted by Crippen LogP contribution is 2.37. The first-order valence-corrected chi connectivity index (χ1v) is 10.5. The molecule has 1 amide bonds. The zero-order chi connectivity index (χ0) is 22.7. The molecular weight excluding hydrogens is 427 g/mol. The van der Waals surface area contributed by atoms with Gasteiger partial charge in [-0.2, -0.15) is 4.98 Å². The molecule has 9 nitrogen and oxygen atoms in total. The number of aromatic nitrogens is 3. The van der Waals surface area contributed by atoms with E-state index in [-0.39, 0.29) is 23.4 Å². The summed E-state index contributed by atoms with van der Waals surface area (Å²) in [6.07, 6.45) is 0.419. The van der Waals surface area contributed by atoms with Crippen LogP contribution < -0.4 is 10.5 Å². The van der Waals surface area contributed by atoms with Crippen LogP contribution in [0.1, 0.15) is 29.8 Å². The van der Waals surface area contributed by atoms with Gasteiger partial charge in [-0.25, -0.2) is 14.2 Å². The third kappa shape index (κ3) is 4.62. The highest BCUT2D eigenvalue weighted by Gasteiger charge is 2.30. The van der Waals surface area contributed by atoms with E-state index in [9.17, 15) is 19.1 Å². The number of carbonyl (C=O) groups is 2. The Balaban J connectivity index is 2.34. The number of hydrogen-bond donors (Lipinski definition) is 3. The number of fused-ring (bicyclic) bond motifs is 1. The largest absolute Gasteiger partial charge is 0.479 e. The van der Waals surface area contributed by atoms with Crippen molar-refractivity contribution in [1.82, 2.24) is 14.5 Å². The molecule has 31 heavy (non-hydrogen) atoms. The van der Waals surface area contributed by atoms with Crippen molar-refractivity contribution in [2.45, 2.75) is 31.1 Å². The number of nitrogens with two attached hydrogens (primary N) is 1. The van der Waals surface area contributed by atoms with Crippen molar-refractivity contribution in [2.75, 3.05) is 12.9 Å². The summed E-state index contributed by atoms with van der Waals surface area (Å²) in [7, 11) is 0. The topological polar surface area (TPSA) is 141 Å². The fourth-order valence-corrected chi connectivity index (χ4v) is 3.74. The van der Waals surface area contributed by atoms with Gasteiger partial charge in [-0.1, -0.05) is 30.8 Å². The van der Waals surface area contributed by atoms with E-state index in [4.69, 9.17) is 15.6 Å². The zero-order valence-electron chi connectivity index (χ0n) is 16.8. The third-order valence-electron chi connectivity index (χ3n) is 4.62. The number of thioether (sulfide) groups is 1. The van der Waals surface area contributed by atoms with E-state index < -0.39 is 30.4 Å². The Morgan fingerprint density at radius 1 is 1.35 bits per heavy atom. The quantitative estimate of drug-likeness (QED) is 0.333. The number of ether oxygens (including phenoxy) is 1. The lowest BCUT2D eigenvalue weighted by molar-refractivity contribution is -0.139. The average Bonchev–Trinajstić information content (AvgIpc) is 3.04. The summed E-state index contributed by atoms with van der Waals surface area (Å²) in [6, 6.07) is 6.00. The van der Waals surface area contributed by atoms with Gasteiger partial charge in [0.1, 0.15) is 11.5 Å². The lowest BCUT2D eigenvalue weighted by Gasteiger charge is -2.12. The van der Waals surface area contributed by atoms with Gasteiger partial charge in [-0.15, -0.1) is 0 Å². The molecule has 0 aliphatic carbocycles. The van der Waals surface area contributed by atoms with Crippen LogP contribution in [0.4, 0.5) is 4.39 Å². The summed E-state index contributed by atoms with van der Waals surface area (Å²) in [5.41, 5.74) is 6.98. The molecule has 3 aromatic rings. The molecule has 1 atom stereocenters. The number of aliphatic hydroxyl groups is 1. The van der Waals surface area contributed by atoms with Crippen molar-refractivity contribution in [3.8, 4) is 5.88 Å². The summed E-state index contributed by atoms with van der Waals surface area (Å²) >= 11 is 1.21. The second kappa shape index (κ2) is 9.31. The number of rotatable bonds is 9. The first-order valence-electron chi connectivity index (χ1n) is 9.30. The summed E-state index contributed by atoms with van der Waals surface area (Å²) in [4.78, 5) is 31.6. The fraction of sp³-hybridized carbons (Fsp3) is 0.300. The predicted molar refractivity (Wildman–Crippen MR) is 111 cm³/mol. The average molecular weight is 448 g/mol. The van der Waals surface area contributed by atoms with Gasteiger partial charge in [0.2, 0.25) is 5.88 Å².